The van der Waals surface area contributed by atoms with Gasteiger partial charge in [-0.05, 0) is 43.3 Å². The molecule has 0 bridgehead atoms. The van der Waals surface area contributed by atoms with Gasteiger partial charge < -0.3 is 20.1 Å². The maximum Gasteiger partial charge on any atom is 0.244 e. The molecule has 0 saturated carbocycles. The summed E-state index contributed by atoms with van der Waals surface area (Å²) in [5.41, 5.74) is 2.15. The van der Waals surface area contributed by atoms with E-state index >= 15 is 0 Å². The number of benzene rings is 2. The molecule has 7 heteroatoms. The molecular formula is C19H21N5O2. The molecule has 3 aromatic rings. The van der Waals surface area contributed by atoms with Crippen molar-refractivity contribution in [3.05, 3.63) is 60.3 Å². The molecule has 2 N–H and O–H groups in total. The fraction of sp³-hybridized carbons (Fsp3) is 0.211. The minimum atomic E-state index is 0.445. The number of hydrogen-bond donors (Lipinski definition) is 2. The Balaban J connectivity index is 1.48. The predicted octanol–water partition coefficient (Wildman–Crippen LogP) is 3.42. The van der Waals surface area contributed by atoms with Gasteiger partial charge in [-0.1, -0.05) is 17.7 Å². The minimum Gasteiger partial charge on any atom is -0.497 e. The highest BCUT2D eigenvalue weighted by Gasteiger charge is 2.02. The van der Waals surface area contributed by atoms with E-state index < -0.39 is 0 Å². The molecular weight excluding hydrogens is 330 g/mol. The number of aryl methyl sites for hydroxylation is 1. The van der Waals surface area contributed by atoms with E-state index in [-0.39, 0.29) is 0 Å². The average Bonchev–Trinajstić information content (AvgIpc) is 2.68. The summed E-state index contributed by atoms with van der Waals surface area (Å²) in [7, 11) is 1.63. The minimum absolute atomic E-state index is 0.445. The summed E-state index contributed by atoms with van der Waals surface area (Å²) < 4.78 is 10.8. The molecule has 0 unspecified atom stereocenters. The largest absolute Gasteiger partial charge is 0.497 e. The molecule has 26 heavy (non-hydrogen) atoms. The average molecular weight is 351 g/mol. The lowest BCUT2D eigenvalue weighted by atomic mass is 10.2. The molecule has 0 spiro atoms. The van der Waals surface area contributed by atoms with Crippen LogP contribution in [0.3, 0.4) is 0 Å². The molecule has 2 aromatic carbocycles. The van der Waals surface area contributed by atoms with Crippen molar-refractivity contribution in [2.24, 2.45) is 0 Å². The van der Waals surface area contributed by atoms with Crippen molar-refractivity contribution in [3.8, 4) is 11.5 Å². The number of methoxy groups -OCH3 is 1. The summed E-state index contributed by atoms with van der Waals surface area (Å²) in [5, 5.41) is 14.2. The fourth-order valence-corrected chi connectivity index (χ4v) is 2.23. The van der Waals surface area contributed by atoms with Crippen molar-refractivity contribution >= 4 is 17.5 Å². The topological polar surface area (TPSA) is 81.2 Å². The second-order valence-electron chi connectivity index (χ2n) is 5.61. The molecule has 0 aliphatic rings. The van der Waals surface area contributed by atoms with Gasteiger partial charge in [0.2, 0.25) is 5.95 Å². The Labute approximate surface area is 152 Å². The third kappa shape index (κ3) is 5.07. The quantitative estimate of drug-likeness (QED) is 0.602. The Morgan fingerprint density at radius 3 is 2.42 bits per heavy atom. The van der Waals surface area contributed by atoms with Gasteiger partial charge in [-0.3, -0.25) is 0 Å². The van der Waals surface area contributed by atoms with Crippen molar-refractivity contribution in [2.75, 3.05) is 30.9 Å². The van der Waals surface area contributed by atoms with Crippen LogP contribution in [0, 0.1) is 6.92 Å². The van der Waals surface area contributed by atoms with E-state index in [1.165, 1.54) is 5.56 Å². The van der Waals surface area contributed by atoms with Gasteiger partial charge in [-0.2, -0.15) is 10.1 Å². The molecule has 0 aliphatic heterocycles. The number of aromatic nitrogens is 3. The Morgan fingerprint density at radius 1 is 0.962 bits per heavy atom. The van der Waals surface area contributed by atoms with Crippen LogP contribution in [0.25, 0.3) is 0 Å². The van der Waals surface area contributed by atoms with Crippen LogP contribution in [0.1, 0.15) is 5.56 Å². The second kappa shape index (κ2) is 8.66. The van der Waals surface area contributed by atoms with Gasteiger partial charge in [0.25, 0.3) is 0 Å². The highest BCUT2D eigenvalue weighted by molar-refractivity contribution is 5.56. The Kier molecular flexibility index (Phi) is 5.82. The normalized spacial score (nSPS) is 10.2. The van der Waals surface area contributed by atoms with Crippen LogP contribution in [0.4, 0.5) is 17.5 Å². The Morgan fingerprint density at radius 2 is 1.69 bits per heavy atom. The number of anilines is 3. The third-order valence-electron chi connectivity index (χ3n) is 3.60. The van der Waals surface area contributed by atoms with Crippen LogP contribution >= 0.6 is 0 Å². The molecule has 3 rings (SSSR count). The van der Waals surface area contributed by atoms with E-state index in [2.05, 4.69) is 25.8 Å². The first-order chi connectivity index (χ1) is 12.7. The first-order valence-electron chi connectivity index (χ1n) is 8.27. The zero-order valence-corrected chi connectivity index (χ0v) is 14.8. The molecule has 1 heterocycles. The maximum absolute atomic E-state index is 5.65. The lowest BCUT2D eigenvalue weighted by Crippen LogP contribution is -2.14. The summed E-state index contributed by atoms with van der Waals surface area (Å²) >= 11 is 0. The zero-order valence-electron chi connectivity index (χ0n) is 14.8. The number of ether oxygens (including phenoxy) is 2. The van der Waals surface area contributed by atoms with Gasteiger partial charge in [0, 0.05) is 5.69 Å². The third-order valence-corrected chi connectivity index (χ3v) is 3.60. The SMILES string of the molecule is COc1ccc(OCCNc2nncc(Nc3ccc(C)cc3)n2)cc1. The smallest absolute Gasteiger partial charge is 0.244 e. The van der Waals surface area contributed by atoms with E-state index in [9.17, 15) is 0 Å². The summed E-state index contributed by atoms with van der Waals surface area (Å²) in [6.07, 6.45) is 1.58. The zero-order chi connectivity index (χ0) is 18.2. The molecule has 0 radical (unpaired) electrons. The van der Waals surface area contributed by atoms with Gasteiger partial charge in [0.05, 0.1) is 19.9 Å². The lowest BCUT2D eigenvalue weighted by Gasteiger charge is -2.09. The summed E-state index contributed by atoms with van der Waals surface area (Å²) in [6.45, 7) is 3.08. The van der Waals surface area contributed by atoms with Gasteiger partial charge >= 0.3 is 0 Å². The van der Waals surface area contributed by atoms with Gasteiger partial charge in [-0.15, -0.1) is 5.10 Å². The molecule has 0 fully saturated rings. The summed E-state index contributed by atoms with van der Waals surface area (Å²) in [5.74, 6) is 2.65. The highest BCUT2D eigenvalue weighted by Crippen LogP contribution is 2.17. The van der Waals surface area contributed by atoms with Crippen molar-refractivity contribution in [1.29, 1.82) is 0 Å². The van der Waals surface area contributed by atoms with Crippen molar-refractivity contribution < 1.29 is 9.47 Å². The van der Waals surface area contributed by atoms with Crippen LogP contribution < -0.4 is 20.1 Å². The predicted molar refractivity (Wildman–Crippen MR) is 101 cm³/mol. The van der Waals surface area contributed by atoms with E-state index in [1.807, 2.05) is 55.5 Å². The van der Waals surface area contributed by atoms with Crippen LogP contribution in [-0.4, -0.2) is 35.4 Å². The van der Waals surface area contributed by atoms with Crippen LogP contribution in [0.15, 0.2) is 54.7 Å². The second-order valence-corrected chi connectivity index (χ2v) is 5.61. The van der Waals surface area contributed by atoms with E-state index in [0.717, 1.165) is 17.2 Å². The molecule has 134 valence electrons. The van der Waals surface area contributed by atoms with Gasteiger partial charge in [0.15, 0.2) is 5.82 Å². The number of hydrogen-bond acceptors (Lipinski definition) is 7. The summed E-state index contributed by atoms with van der Waals surface area (Å²) in [4.78, 5) is 4.39. The Bertz CT molecular complexity index is 822. The maximum atomic E-state index is 5.65. The number of rotatable bonds is 8. The summed E-state index contributed by atoms with van der Waals surface area (Å²) in [6, 6.07) is 15.5. The first kappa shape index (κ1) is 17.5. The molecule has 0 saturated heterocycles. The van der Waals surface area contributed by atoms with Crippen molar-refractivity contribution in [2.45, 2.75) is 6.92 Å². The van der Waals surface area contributed by atoms with Crippen LogP contribution in [0.5, 0.6) is 11.5 Å². The highest BCUT2D eigenvalue weighted by atomic mass is 16.5. The number of nitrogens with zero attached hydrogens (tertiary/aromatic N) is 3. The van der Waals surface area contributed by atoms with Crippen LogP contribution in [-0.2, 0) is 0 Å². The molecule has 1 aromatic heterocycles. The molecule has 0 amide bonds. The van der Waals surface area contributed by atoms with Crippen LogP contribution in [0.2, 0.25) is 0 Å². The fourth-order valence-electron chi connectivity index (χ4n) is 2.23. The Hall–Kier alpha value is -3.35. The molecule has 0 aliphatic carbocycles. The van der Waals surface area contributed by atoms with Gasteiger partial charge in [0.1, 0.15) is 18.1 Å². The van der Waals surface area contributed by atoms with E-state index in [4.69, 9.17) is 9.47 Å². The molecule has 7 nitrogen and oxygen atoms in total. The lowest BCUT2D eigenvalue weighted by molar-refractivity contribution is 0.331. The first-order valence-corrected chi connectivity index (χ1v) is 8.27. The standard InChI is InChI=1S/C19H21N5O2/c1-14-3-5-15(6-4-14)22-18-13-21-24-19(23-18)20-11-12-26-17-9-7-16(25-2)8-10-17/h3-10,13H,11-12H2,1-2H3,(H2,20,22,23,24). The number of nitrogens with one attached hydrogen (secondary N) is 2. The van der Waals surface area contributed by atoms with E-state index in [1.54, 1.807) is 13.3 Å². The van der Waals surface area contributed by atoms with Gasteiger partial charge in [-0.25, -0.2) is 0 Å². The molecule has 0 atom stereocenters. The monoisotopic (exact) mass is 351 g/mol. The van der Waals surface area contributed by atoms with Crippen molar-refractivity contribution in [3.63, 3.8) is 0 Å². The van der Waals surface area contributed by atoms with Crippen molar-refractivity contribution in [1.82, 2.24) is 15.2 Å². The van der Waals surface area contributed by atoms with E-state index in [0.29, 0.717) is 24.9 Å².